The Morgan fingerprint density at radius 2 is 2.11 bits per heavy atom. The standard InChI is InChI=1S/C16H23NO2/c1-12(11-13-5-7-14(18)8-6-13)17-9-10-19-16-4-2-3-15(16)17/h5-8,12,15-16,18H,2-4,9-11H2,1H3. The first-order chi connectivity index (χ1) is 9.24. The summed E-state index contributed by atoms with van der Waals surface area (Å²) in [6.07, 6.45) is 5.33. The number of ether oxygens (including phenoxy) is 1. The Kier molecular flexibility index (Phi) is 3.76. The van der Waals surface area contributed by atoms with Crippen molar-refractivity contribution < 1.29 is 9.84 Å². The quantitative estimate of drug-likeness (QED) is 0.907. The van der Waals surface area contributed by atoms with Crippen LogP contribution in [-0.2, 0) is 11.2 Å². The number of hydrogen-bond donors (Lipinski definition) is 1. The van der Waals surface area contributed by atoms with Crippen LogP contribution in [-0.4, -0.2) is 41.3 Å². The van der Waals surface area contributed by atoms with Crippen molar-refractivity contribution in [3.8, 4) is 5.75 Å². The molecule has 1 N–H and O–H groups in total. The third-order valence-electron chi connectivity index (χ3n) is 4.56. The molecule has 3 unspecified atom stereocenters. The molecule has 0 aromatic heterocycles. The van der Waals surface area contributed by atoms with Gasteiger partial charge in [0.1, 0.15) is 5.75 Å². The van der Waals surface area contributed by atoms with E-state index in [4.69, 9.17) is 4.74 Å². The number of phenolic OH excluding ortho intramolecular Hbond substituents is 1. The van der Waals surface area contributed by atoms with Crippen LogP contribution in [0.15, 0.2) is 24.3 Å². The van der Waals surface area contributed by atoms with Gasteiger partial charge in [-0.1, -0.05) is 12.1 Å². The largest absolute Gasteiger partial charge is 0.508 e. The van der Waals surface area contributed by atoms with Gasteiger partial charge in [-0.2, -0.15) is 0 Å². The van der Waals surface area contributed by atoms with E-state index in [1.54, 1.807) is 12.1 Å². The van der Waals surface area contributed by atoms with Crippen LogP contribution in [0, 0.1) is 0 Å². The van der Waals surface area contributed by atoms with Crippen LogP contribution in [0.1, 0.15) is 31.7 Å². The summed E-state index contributed by atoms with van der Waals surface area (Å²) in [7, 11) is 0. The first-order valence-electron chi connectivity index (χ1n) is 7.39. The minimum atomic E-state index is 0.346. The third kappa shape index (κ3) is 2.77. The molecule has 19 heavy (non-hydrogen) atoms. The molecule has 1 aliphatic carbocycles. The van der Waals surface area contributed by atoms with Gasteiger partial charge < -0.3 is 9.84 Å². The lowest BCUT2D eigenvalue weighted by molar-refractivity contribution is -0.0690. The second-order valence-corrected chi connectivity index (χ2v) is 5.86. The summed E-state index contributed by atoms with van der Waals surface area (Å²) >= 11 is 0. The van der Waals surface area contributed by atoms with E-state index in [1.165, 1.54) is 24.8 Å². The van der Waals surface area contributed by atoms with Gasteiger partial charge >= 0.3 is 0 Å². The Morgan fingerprint density at radius 3 is 2.89 bits per heavy atom. The first kappa shape index (κ1) is 12.9. The van der Waals surface area contributed by atoms with Gasteiger partial charge in [0, 0.05) is 18.6 Å². The van der Waals surface area contributed by atoms with Crippen LogP contribution >= 0.6 is 0 Å². The van der Waals surface area contributed by atoms with Crippen molar-refractivity contribution in [3.05, 3.63) is 29.8 Å². The highest BCUT2D eigenvalue weighted by molar-refractivity contribution is 5.26. The van der Waals surface area contributed by atoms with Gasteiger partial charge in [0.2, 0.25) is 0 Å². The molecule has 0 spiro atoms. The third-order valence-corrected chi connectivity index (χ3v) is 4.56. The molecule has 2 fully saturated rings. The smallest absolute Gasteiger partial charge is 0.115 e. The molecule has 104 valence electrons. The molecular weight excluding hydrogens is 238 g/mol. The zero-order valence-electron chi connectivity index (χ0n) is 11.6. The van der Waals surface area contributed by atoms with Gasteiger partial charge in [0.25, 0.3) is 0 Å². The van der Waals surface area contributed by atoms with Crippen molar-refractivity contribution in [1.29, 1.82) is 0 Å². The van der Waals surface area contributed by atoms with Crippen molar-refractivity contribution in [2.75, 3.05) is 13.2 Å². The number of phenols is 1. The number of aromatic hydroxyl groups is 1. The Morgan fingerprint density at radius 1 is 1.32 bits per heavy atom. The first-order valence-corrected chi connectivity index (χ1v) is 7.39. The molecule has 2 aliphatic rings. The van der Waals surface area contributed by atoms with E-state index >= 15 is 0 Å². The predicted molar refractivity (Wildman–Crippen MR) is 75.4 cm³/mol. The molecule has 3 rings (SSSR count). The normalized spacial score (nSPS) is 29.1. The van der Waals surface area contributed by atoms with Crippen molar-refractivity contribution >= 4 is 0 Å². The number of fused-ring (bicyclic) bond motifs is 1. The monoisotopic (exact) mass is 261 g/mol. The minimum absolute atomic E-state index is 0.346. The molecule has 1 aliphatic heterocycles. The molecule has 0 bridgehead atoms. The second kappa shape index (κ2) is 5.51. The van der Waals surface area contributed by atoms with Crippen molar-refractivity contribution in [2.24, 2.45) is 0 Å². The van der Waals surface area contributed by atoms with Gasteiger partial charge in [-0.05, 0) is 50.3 Å². The number of benzene rings is 1. The lowest BCUT2D eigenvalue weighted by atomic mass is 10.0. The van der Waals surface area contributed by atoms with E-state index < -0.39 is 0 Å². The van der Waals surface area contributed by atoms with E-state index in [-0.39, 0.29) is 0 Å². The highest BCUT2D eigenvalue weighted by Crippen LogP contribution is 2.31. The number of rotatable bonds is 3. The molecule has 3 heteroatoms. The number of nitrogens with zero attached hydrogens (tertiary/aromatic N) is 1. The molecular formula is C16H23NO2. The van der Waals surface area contributed by atoms with Crippen LogP contribution in [0.5, 0.6) is 5.75 Å². The van der Waals surface area contributed by atoms with E-state index in [1.807, 2.05) is 12.1 Å². The maximum absolute atomic E-state index is 9.34. The van der Waals surface area contributed by atoms with Gasteiger partial charge in [0.15, 0.2) is 0 Å². The molecule has 3 atom stereocenters. The summed E-state index contributed by atoms with van der Waals surface area (Å²) in [5, 5.41) is 9.34. The SMILES string of the molecule is CC(Cc1ccc(O)cc1)N1CCOC2CCCC21. The van der Waals surface area contributed by atoms with Crippen molar-refractivity contribution in [3.63, 3.8) is 0 Å². The zero-order chi connectivity index (χ0) is 13.2. The lowest BCUT2D eigenvalue weighted by Gasteiger charge is -2.41. The van der Waals surface area contributed by atoms with E-state index in [0.717, 1.165) is 19.6 Å². The van der Waals surface area contributed by atoms with E-state index in [2.05, 4.69) is 11.8 Å². The second-order valence-electron chi connectivity index (χ2n) is 5.86. The highest BCUT2D eigenvalue weighted by Gasteiger charge is 2.37. The lowest BCUT2D eigenvalue weighted by Crippen LogP contribution is -2.52. The topological polar surface area (TPSA) is 32.7 Å². The molecule has 1 saturated heterocycles. The van der Waals surface area contributed by atoms with Crippen LogP contribution in [0.2, 0.25) is 0 Å². The molecule has 0 radical (unpaired) electrons. The summed E-state index contributed by atoms with van der Waals surface area (Å²) < 4.78 is 5.87. The van der Waals surface area contributed by atoms with Gasteiger partial charge in [-0.25, -0.2) is 0 Å². The average Bonchev–Trinajstić information content (AvgIpc) is 2.89. The van der Waals surface area contributed by atoms with Crippen molar-refractivity contribution in [2.45, 2.75) is 50.8 Å². The molecule has 1 aromatic carbocycles. The van der Waals surface area contributed by atoms with E-state index in [9.17, 15) is 5.11 Å². The van der Waals surface area contributed by atoms with Crippen LogP contribution in [0.4, 0.5) is 0 Å². The fourth-order valence-electron chi connectivity index (χ4n) is 3.59. The summed E-state index contributed by atoms with van der Waals surface area (Å²) in [6.45, 7) is 4.25. The van der Waals surface area contributed by atoms with Crippen LogP contribution in [0.25, 0.3) is 0 Å². The van der Waals surface area contributed by atoms with Crippen molar-refractivity contribution in [1.82, 2.24) is 4.90 Å². The Bertz CT molecular complexity index is 417. The summed E-state index contributed by atoms with van der Waals surface area (Å²) in [5.41, 5.74) is 1.30. The highest BCUT2D eigenvalue weighted by atomic mass is 16.5. The molecule has 1 saturated carbocycles. The Labute approximate surface area is 115 Å². The maximum atomic E-state index is 9.34. The minimum Gasteiger partial charge on any atom is -0.508 e. The van der Waals surface area contributed by atoms with Gasteiger partial charge in [-0.15, -0.1) is 0 Å². The van der Waals surface area contributed by atoms with Crippen LogP contribution < -0.4 is 0 Å². The number of morpholine rings is 1. The molecule has 1 heterocycles. The summed E-state index contributed by atoms with van der Waals surface area (Å²) in [5.74, 6) is 0.346. The number of hydrogen-bond acceptors (Lipinski definition) is 3. The fraction of sp³-hybridized carbons (Fsp3) is 0.625. The van der Waals surface area contributed by atoms with Gasteiger partial charge in [0.05, 0.1) is 12.7 Å². The molecule has 3 nitrogen and oxygen atoms in total. The Hall–Kier alpha value is -1.06. The maximum Gasteiger partial charge on any atom is 0.115 e. The molecule has 0 amide bonds. The van der Waals surface area contributed by atoms with E-state index in [0.29, 0.717) is 23.9 Å². The predicted octanol–water partition coefficient (Wildman–Crippen LogP) is 2.58. The van der Waals surface area contributed by atoms with Crippen LogP contribution in [0.3, 0.4) is 0 Å². The molecule has 1 aromatic rings. The summed E-state index contributed by atoms with van der Waals surface area (Å²) in [6, 6.07) is 8.77. The zero-order valence-corrected chi connectivity index (χ0v) is 11.6. The fourth-order valence-corrected chi connectivity index (χ4v) is 3.59. The Balaban J connectivity index is 1.65. The van der Waals surface area contributed by atoms with Gasteiger partial charge in [-0.3, -0.25) is 4.90 Å². The average molecular weight is 261 g/mol. The summed E-state index contributed by atoms with van der Waals surface area (Å²) in [4.78, 5) is 2.63.